The number of nitrogens with zero attached hydrogens (tertiary/aromatic N) is 1. The average Bonchev–Trinajstić information content (AvgIpc) is 2.59. The molecule has 0 radical (unpaired) electrons. The quantitative estimate of drug-likeness (QED) is 0.838. The number of hydrogen-bond acceptors (Lipinski definition) is 2. The van der Waals surface area contributed by atoms with E-state index in [0.29, 0.717) is 12.0 Å². The molecule has 0 saturated carbocycles. The van der Waals surface area contributed by atoms with Crippen LogP contribution in [0.15, 0.2) is 48.5 Å². The van der Waals surface area contributed by atoms with Crippen molar-refractivity contribution in [3.63, 3.8) is 0 Å². The number of carbonyl (C=O) groups is 2. The molecule has 0 saturated heterocycles. The Morgan fingerprint density at radius 3 is 2.36 bits per heavy atom. The number of nitrogens with one attached hydrogen (secondary N) is 1. The second kappa shape index (κ2) is 8.92. The molecule has 132 valence electrons. The SMILES string of the molecule is CC(=O)N(CCc1ccccc1F)CC(=O)NCc1ccc(F)cc1. The minimum absolute atomic E-state index is 0.106. The van der Waals surface area contributed by atoms with Gasteiger partial charge in [-0.25, -0.2) is 8.78 Å². The van der Waals surface area contributed by atoms with Gasteiger partial charge in [0.25, 0.3) is 0 Å². The second-order valence-corrected chi connectivity index (χ2v) is 5.69. The fraction of sp³-hybridized carbons (Fsp3) is 0.263. The van der Waals surface area contributed by atoms with E-state index < -0.39 is 0 Å². The molecule has 25 heavy (non-hydrogen) atoms. The van der Waals surface area contributed by atoms with Gasteiger partial charge in [0, 0.05) is 20.0 Å². The van der Waals surface area contributed by atoms with Crippen LogP contribution in [0, 0.1) is 11.6 Å². The van der Waals surface area contributed by atoms with Crippen molar-refractivity contribution in [2.45, 2.75) is 19.9 Å². The first kappa shape index (κ1) is 18.6. The van der Waals surface area contributed by atoms with E-state index in [4.69, 9.17) is 0 Å². The molecule has 2 aromatic carbocycles. The van der Waals surface area contributed by atoms with Gasteiger partial charge < -0.3 is 10.2 Å². The molecule has 1 N–H and O–H groups in total. The molecule has 0 bridgehead atoms. The van der Waals surface area contributed by atoms with Crippen LogP contribution in [0.25, 0.3) is 0 Å². The van der Waals surface area contributed by atoms with Crippen molar-refractivity contribution in [2.24, 2.45) is 0 Å². The van der Waals surface area contributed by atoms with Crippen LogP contribution in [-0.2, 0) is 22.6 Å². The smallest absolute Gasteiger partial charge is 0.239 e. The third kappa shape index (κ3) is 5.99. The standard InChI is InChI=1S/C19H20F2N2O2/c1-14(24)23(11-10-16-4-2-3-5-18(16)21)13-19(25)22-12-15-6-8-17(20)9-7-15/h2-9H,10-13H2,1H3,(H,22,25). The predicted molar refractivity (Wildman–Crippen MR) is 90.6 cm³/mol. The highest BCUT2D eigenvalue weighted by atomic mass is 19.1. The minimum atomic E-state index is -0.342. The fourth-order valence-corrected chi connectivity index (χ4v) is 2.34. The zero-order valence-corrected chi connectivity index (χ0v) is 14.0. The molecule has 0 aliphatic carbocycles. The van der Waals surface area contributed by atoms with Crippen molar-refractivity contribution in [3.8, 4) is 0 Å². The third-order valence-corrected chi connectivity index (χ3v) is 3.79. The summed E-state index contributed by atoms with van der Waals surface area (Å²) in [7, 11) is 0. The predicted octanol–water partition coefficient (Wildman–Crippen LogP) is 2.67. The van der Waals surface area contributed by atoms with Crippen LogP contribution in [0.2, 0.25) is 0 Å². The van der Waals surface area contributed by atoms with Crippen LogP contribution < -0.4 is 5.32 Å². The molecular formula is C19H20F2N2O2. The van der Waals surface area contributed by atoms with E-state index in [0.717, 1.165) is 5.56 Å². The zero-order valence-electron chi connectivity index (χ0n) is 14.0. The van der Waals surface area contributed by atoms with Crippen molar-refractivity contribution in [1.82, 2.24) is 10.2 Å². The topological polar surface area (TPSA) is 49.4 Å². The van der Waals surface area contributed by atoms with E-state index in [1.165, 1.54) is 30.0 Å². The highest BCUT2D eigenvalue weighted by Crippen LogP contribution is 2.08. The van der Waals surface area contributed by atoms with Crippen LogP contribution in [0.4, 0.5) is 8.78 Å². The Balaban J connectivity index is 1.85. The van der Waals surface area contributed by atoms with Gasteiger partial charge in [-0.1, -0.05) is 30.3 Å². The van der Waals surface area contributed by atoms with Gasteiger partial charge in [0.05, 0.1) is 6.54 Å². The van der Waals surface area contributed by atoms with E-state index in [1.807, 2.05) is 0 Å². The number of amides is 2. The minimum Gasteiger partial charge on any atom is -0.350 e. The fourth-order valence-electron chi connectivity index (χ4n) is 2.34. The summed E-state index contributed by atoms with van der Waals surface area (Å²) in [5.41, 5.74) is 1.26. The van der Waals surface area contributed by atoms with Gasteiger partial charge in [-0.15, -0.1) is 0 Å². The number of benzene rings is 2. The summed E-state index contributed by atoms with van der Waals surface area (Å²) in [4.78, 5) is 25.1. The third-order valence-electron chi connectivity index (χ3n) is 3.79. The summed E-state index contributed by atoms with van der Waals surface area (Å²) < 4.78 is 26.5. The first-order chi connectivity index (χ1) is 12.0. The average molecular weight is 346 g/mol. The van der Waals surface area contributed by atoms with Crippen molar-refractivity contribution < 1.29 is 18.4 Å². The molecule has 0 unspecified atom stereocenters. The van der Waals surface area contributed by atoms with Gasteiger partial charge >= 0.3 is 0 Å². The molecule has 0 aliphatic heterocycles. The highest BCUT2D eigenvalue weighted by molar-refractivity contribution is 5.83. The molecule has 0 fully saturated rings. The Hall–Kier alpha value is -2.76. The van der Waals surface area contributed by atoms with Gasteiger partial charge in [0.2, 0.25) is 11.8 Å². The molecular weight excluding hydrogens is 326 g/mol. The molecule has 2 rings (SSSR count). The maximum absolute atomic E-state index is 13.6. The summed E-state index contributed by atoms with van der Waals surface area (Å²) in [5.74, 6) is -1.25. The van der Waals surface area contributed by atoms with E-state index in [1.54, 1.807) is 30.3 Å². The maximum Gasteiger partial charge on any atom is 0.239 e. The lowest BCUT2D eigenvalue weighted by Crippen LogP contribution is -2.40. The van der Waals surface area contributed by atoms with Gasteiger partial charge in [-0.2, -0.15) is 0 Å². The lowest BCUT2D eigenvalue weighted by molar-refractivity contribution is -0.134. The Labute approximate surface area is 145 Å². The Bertz CT molecular complexity index is 732. The van der Waals surface area contributed by atoms with Gasteiger partial charge in [-0.3, -0.25) is 9.59 Å². The molecule has 0 aromatic heterocycles. The van der Waals surface area contributed by atoms with Crippen molar-refractivity contribution in [1.29, 1.82) is 0 Å². The zero-order chi connectivity index (χ0) is 18.2. The van der Waals surface area contributed by atoms with E-state index in [-0.39, 0.29) is 43.1 Å². The molecule has 0 atom stereocenters. The van der Waals surface area contributed by atoms with Crippen LogP contribution in [0.3, 0.4) is 0 Å². The normalized spacial score (nSPS) is 10.4. The Kier molecular flexibility index (Phi) is 6.62. The number of hydrogen-bond donors (Lipinski definition) is 1. The van der Waals surface area contributed by atoms with E-state index >= 15 is 0 Å². The number of carbonyl (C=O) groups excluding carboxylic acids is 2. The van der Waals surface area contributed by atoms with Crippen LogP contribution in [0.5, 0.6) is 0 Å². The number of halogens is 2. The summed E-state index contributed by atoms with van der Waals surface area (Å²) in [5, 5.41) is 2.68. The van der Waals surface area contributed by atoms with Crippen LogP contribution in [-0.4, -0.2) is 29.8 Å². The monoisotopic (exact) mass is 346 g/mol. The molecule has 2 amide bonds. The molecule has 0 heterocycles. The van der Waals surface area contributed by atoms with E-state index in [9.17, 15) is 18.4 Å². The summed E-state index contributed by atoms with van der Waals surface area (Å²) in [6, 6.07) is 12.1. The molecule has 0 aliphatic rings. The summed E-state index contributed by atoms with van der Waals surface area (Å²) in [6.45, 7) is 1.76. The summed E-state index contributed by atoms with van der Waals surface area (Å²) >= 11 is 0. The van der Waals surface area contributed by atoms with E-state index in [2.05, 4.69) is 5.32 Å². The Morgan fingerprint density at radius 2 is 1.72 bits per heavy atom. The van der Waals surface area contributed by atoms with Gasteiger partial charge in [0.1, 0.15) is 11.6 Å². The lowest BCUT2D eigenvalue weighted by Gasteiger charge is -2.20. The lowest BCUT2D eigenvalue weighted by atomic mass is 10.1. The molecule has 6 heteroatoms. The second-order valence-electron chi connectivity index (χ2n) is 5.69. The van der Waals surface area contributed by atoms with Gasteiger partial charge in [0.15, 0.2) is 0 Å². The molecule has 2 aromatic rings. The first-order valence-corrected chi connectivity index (χ1v) is 7.96. The maximum atomic E-state index is 13.6. The van der Waals surface area contributed by atoms with Crippen molar-refractivity contribution in [2.75, 3.05) is 13.1 Å². The largest absolute Gasteiger partial charge is 0.350 e. The van der Waals surface area contributed by atoms with Crippen molar-refractivity contribution in [3.05, 3.63) is 71.3 Å². The first-order valence-electron chi connectivity index (χ1n) is 7.96. The molecule has 4 nitrogen and oxygen atoms in total. The molecule has 0 spiro atoms. The van der Waals surface area contributed by atoms with Gasteiger partial charge in [-0.05, 0) is 35.7 Å². The van der Waals surface area contributed by atoms with Crippen molar-refractivity contribution >= 4 is 11.8 Å². The number of rotatable bonds is 7. The Morgan fingerprint density at radius 1 is 1.04 bits per heavy atom. The van der Waals surface area contributed by atoms with Crippen LogP contribution in [0.1, 0.15) is 18.1 Å². The van der Waals surface area contributed by atoms with Crippen LogP contribution >= 0.6 is 0 Å². The highest BCUT2D eigenvalue weighted by Gasteiger charge is 2.14. The summed E-state index contributed by atoms with van der Waals surface area (Å²) in [6.07, 6.45) is 0.331.